The second-order valence-corrected chi connectivity index (χ2v) is 7.42. The molecule has 0 saturated heterocycles. The quantitative estimate of drug-likeness (QED) is 0.532. The number of hydrogen-bond donors (Lipinski definition) is 1. The molecule has 0 unspecified atom stereocenters. The molecule has 0 saturated carbocycles. The second-order valence-electron chi connectivity index (χ2n) is 6.21. The highest BCUT2D eigenvalue weighted by Gasteiger charge is 2.17. The summed E-state index contributed by atoms with van der Waals surface area (Å²) in [5.41, 5.74) is 3.56. The molecule has 0 spiro atoms. The Labute approximate surface area is 146 Å². The van der Waals surface area contributed by atoms with Gasteiger partial charge in [-0.25, -0.2) is 9.67 Å². The average molecular weight is 349 g/mol. The fourth-order valence-electron chi connectivity index (χ4n) is 3.38. The Morgan fingerprint density at radius 1 is 1.28 bits per heavy atom. The van der Waals surface area contributed by atoms with Gasteiger partial charge in [0.05, 0.1) is 22.4 Å². The van der Waals surface area contributed by atoms with Crippen molar-refractivity contribution in [2.75, 3.05) is 0 Å². The summed E-state index contributed by atoms with van der Waals surface area (Å²) in [7, 11) is 1.89. The molecule has 0 aliphatic carbocycles. The maximum absolute atomic E-state index is 13.0. The van der Waals surface area contributed by atoms with Crippen LogP contribution in [0.15, 0.2) is 41.5 Å². The van der Waals surface area contributed by atoms with E-state index in [1.54, 1.807) is 17.5 Å². The molecule has 25 heavy (non-hydrogen) atoms. The minimum absolute atomic E-state index is 0.0861. The van der Waals surface area contributed by atoms with Crippen molar-refractivity contribution in [1.29, 1.82) is 0 Å². The van der Waals surface area contributed by atoms with E-state index < -0.39 is 0 Å². The van der Waals surface area contributed by atoms with E-state index in [9.17, 15) is 4.79 Å². The first-order valence-electron chi connectivity index (χ1n) is 7.99. The molecular formula is C18H15N5OS. The zero-order valence-electron chi connectivity index (χ0n) is 13.8. The number of aromatic amines is 1. The predicted molar refractivity (Wildman–Crippen MR) is 100 cm³/mol. The van der Waals surface area contributed by atoms with Gasteiger partial charge in [-0.05, 0) is 36.1 Å². The standard InChI is InChI=1S/C18H15N5OS/c1-10-21-17-16(25-10)13-8-20-23(18(24)15(13)22(17)2)9-11-3-4-14-12(7-11)5-6-19-14/h3-8,19H,9H2,1-2H3. The van der Waals surface area contributed by atoms with Crippen molar-refractivity contribution in [3.8, 4) is 0 Å². The Bertz CT molecular complexity index is 1320. The summed E-state index contributed by atoms with van der Waals surface area (Å²) in [5.74, 6) is 0. The van der Waals surface area contributed by atoms with Gasteiger partial charge in [-0.15, -0.1) is 11.3 Å². The molecule has 0 fully saturated rings. The fraction of sp³-hybridized carbons (Fsp3) is 0.167. The molecule has 0 aliphatic rings. The number of hydrogen-bond acceptors (Lipinski definition) is 4. The summed E-state index contributed by atoms with van der Waals surface area (Å²) in [6.45, 7) is 2.42. The minimum Gasteiger partial charge on any atom is -0.361 e. The van der Waals surface area contributed by atoms with Crippen molar-refractivity contribution in [2.45, 2.75) is 13.5 Å². The Morgan fingerprint density at radius 3 is 3.04 bits per heavy atom. The van der Waals surface area contributed by atoms with Crippen LogP contribution in [-0.2, 0) is 13.6 Å². The van der Waals surface area contributed by atoms with Crippen LogP contribution in [0.25, 0.3) is 32.2 Å². The monoisotopic (exact) mass is 349 g/mol. The van der Waals surface area contributed by atoms with Gasteiger partial charge in [0.2, 0.25) is 0 Å². The van der Waals surface area contributed by atoms with E-state index in [0.29, 0.717) is 12.1 Å². The third kappa shape index (κ3) is 2.05. The van der Waals surface area contributed by atoms with Gasteiger partial charge in [-0.3, -0.25) is 4.79 Å². The van der Waals surface area contributed by atoms with Gasteiger partial charge in [0.15, 0.2) is 5.65 Å². The largest absolute Gasteiger partial charge is 0.361 e. The number of aromatic nitrogens is 5. The zero-order valence-corrected chi connectivity index (χ0v) is 14.6. The van der Waals surface area contributed by atoms with E-state index >= 15 is 0 Å². The summed E-state index contributed by atoms with van der Waals surface area (Å²) in [4.78, 5) is 20.7. The molecule has 5 rings (SSSR count). The summed E-state index contributed by atoms with van der Waals surface area (Å²) >= 11 is 1.60. The van der Waals surface area contributed by atoms with Crippen LogP contribution >= 0.6 is 11.3 Å². The molecule has 4 heterocycles. The highest BCUT2D eigenvalue weighted by molar-refractivity contribution is 7.19. The lowest BCUT2D eigenvalue weighted by molar-refractivity contribution is 0.644. The SMILES string of the molecule is Cc1nc2c(s1)c1cnn(Cc3ccc4[nH]ccc4c3)c(=O)c1n2C. The topological polar surface area (TPSA) is 68.5 Å². The van der Waals surface area contributed by atoms with Crippen LogP contribution in [0.1, 0.15) is 10.6 Å². The van der Waals surface area contributed by atoms with Crippen molar-refractivity contribution < 1.29 is 0 Å². The van der Waals surface area contributed by atoms with E-state index in [2.05, 4.69) is 21.1 Å². The number of nitrogens with zero attached hydrogens (tertiary/aromatic N) is 4. The summed E-state index contributed by atoms with van der Waals surface area (Å²) in [6, 6.07) is 8.15. The van der Waals surface area contributed by atoms with E-state index in [1.165, 1.54) is 4.68 Å². The lowest BCUT2D eigenvalue weighted by Gasteiger charge is -2.06. The third-order valence-corrected chi connectivity index (χ3v) is 5.58. The van der Waals surface area contributed by atoms with Crippen molar-refractivity contribution in [1.82, 2.24) is 24.3 Å². The number of rotatable bonds is 2. The molecule has 0 amide bonds. The van der Waals surface area contributed by atoms with Crippen LogP contribution in [-0.4, -0.2) is 24.3 Å². The normalized spacial score (nSPS) is 11.9. The lowest BCUT2D eigenvalue weighted by Crippen LogP contribution is -2.24. The fourth-order valence-corrected chi connectivity index (χ4v) is 4.34. The van der Waals surface area contributed by atoms with E-state index in [4.69, 9.17) is 0 Å². The van der Waals surface area contributed by atoms with Crippen molar-refractivity contribution in [3.05, 3.63) is 57.6 Å². The molecule has 124 valence electrons. The van der Waals surface area contributed by atoms with E-state index in [1.807, 2.05) is 42.9 Å². The number of nitrogens with one attached hydrogen (secondary N) is 1. The first-order valence-corrected chi connectivity index (χ1v) is 8.81. The van der Waals surface area contributed by atoms with Crippen molar-refractivity contribution in [3.63, 3.8) is 0 Å². The van der Waals surface area contributed by atoms with Gasteiger partial charge in [-0.2, -0.15) is 5.10 Å². The molecule has 1 aromatic carbocycles. The first-order chi connectivity index (χ1) is 12.1. The van der Waals surface area contributed by atoms with Crippen LogP contribution in [0.3, 0.4) is 0 Å². The molecular weight excluding hydrogens is 334 g/mol. The molecule has 0 bridgehead atoms. The van der Waals surface area contributed by atoms with Crippen molar-refractivity contribution >= 4 is 43.5 Å². The summed E-state index contributed by atoms with van der Waals surface area (Å²) in [6.07, 6.45) is 3.70. The van der Waals surface area contributed by atoms with Gasteiger partial charge < -0.3 is 9.55 Å². The van der Waals surface area contributed by atoms with Crippen LogP contribution < -0.4 is 5.56 Å². The molecule has 5 aromatic rings. The Kier molecular flexibility index (Phi) is 2.90. The summed E-state index contributed by atoms with van der Waals surface area (Å²) < 4.78 is 4.43. The van der Waals surface area contributed by atoms with Crippen LogP contribution in [0.4, 0.5) is 0 Å². The van der Waals surface area contributed by atoms with Gasteiger partial charge >= 0.3 is 0 Å². The smallest absolute Gasteiger partial charge is 0.291 e. The van der Waals surface area contributed by atoms with E-state index in [-0.39, 0.29) is 5.56 Å². The molecule has 7 heteroatoms. The lowest BCUT2D eigenvalue weighted by atomic mass is 10.1. The van der Waals surface area contributed by atoms with Gasteiger partial charge in [0.1, 0.15) is 5.52 Å². The Balaban J connectivity index is 1.67. The highest BCUT2D eigenvalue weighted by Crippen LogP contribution is 2.30. The zero-order chi connectivity index (χ0) is 17.1. The third-order valence-electron chi connectivity index (χ3n) is 4.58. The highest BCUT2D eigenvalue weighted by atomic mass is 32.1. The maximum Gasteiger partial charge on any atom is 0.291 e. The van der Waals surface area contributed by atoms with Crippen molar-refractivity contribution in [2.24, 2.45) is 7.05 Å². The van der Waals surface area contributed by atoms with Gasteiger partial charge in [0.25, 0.3) is 5.56 Å². The number of thiazole rings is 1. The predicted octanol–water partition coefficient (Wildman–Crippen LogP) is 3.18. The second kappa shape index (κ2) is 5.03. The van der Waals surface area contributed by atoms with Crippen LogP contribution in [0.5, 0.6) is 0 Å². The number of aryl methyl sites for hydroxylation is 2. The minimum atomic E-state index is -0.0861. The number of benzene rings is 1. The number of fused-ring (bicyclic) bond motifs is 4. The molecule has 0 radical (unpaired) electrons. The molecule has 0 aliphatic heterocycles. The molecule has 4 aromatic heterocycles. The maximum atomic E-state index is 13.0. The van der Waals surface area contributed by atoms with Gasteiger partial charge in [-0.1, -0.05) is 6.07 Å². The summed E-state index contributed by atoms with van der Waals surface area (Å²) in [5, 5.41) is 7.41. The molecule has 0 atom stereocenters. The van der Waals surface area contributed by atoms with Crippen LogP contribution in [0, 0.1) is 6.92 Å². The average Bonchev–Trinajstić information content (AvgIpc) is 3.26. The Morgan fingerprint density at radius 2 is 2.16 bits per heavy atom. The molecule has 1 N–H and O–H groups in total. The van der Waals surface area contributed by atoms with E-state index in [0.717, 1.165) is 37.2 Å². The van der Waals surface area contributed by atoms with Crippen LogP contribution in [0.2, 0.25) is 0 Å². The first kappa shape index (κ1) is 14.4. The molecule has 6 nitrogen and oxygen atoms in total. The Hall–Kier alpha value is -2.93. The van der Waals surface area contributed by atoms with Gasteiger partial charge in [0, 0.05) is 24.1 Å². The number of H-pyrrole nitrogens is 1.